The Labute approximate surface area is 70.5 Å². The second-order valence-electron chi connectivity index (χ2n) is 3.58. The smallest absolute Gasteiger partial charge is 0.00261 e. The first-order valence-electron chi connectivity index (χ1n) is 4.55. The zero-order chi connectivity index (χ0) is 8.69. The summed E-state index contributed by atoms with van der Waals surface area (Å²) >= 11 is 0. The summed E-state index contributed by atoms with van der Waals surface area (Å²) in [6, 6.07) is 0. The highest BCUT2D eigenvalue weighted by Crippen LogP contribution is 2.13. The molecule has 0 saturated heterocycles. The molecule has 0 amide bonds. The van der Waals surface area contributed by atoms with E-state index in [1.807, 2.05) is 7.05 Å². The zero-order valence-corrected chi connectivity index (χ0v) is 8.06. The third-order valence-electron chi connectivity index (χ3n) is 2.02. The van der Waals surface area contributed by atoms with Gasteiger partial charge in [-0.15, -0.1) is 0 Å². The van der Waals surface area contributed by atoms with Crippen LogP contribution in [0.2, 0.25) is 0 Å². The molecule has 3 N–H and O–H groups in total. The van der Waals surface area contributed by atoms with E-state index in [0.717, 1.165) is 31.3 Å². The fourth-order valence-electron chi connectivity index (χ4n) is 1.52. The van der Waals surface area contributed by atoms with Gasteiger partial charge in [0.25, 0.3) is 0 Å². The second kappa shape index (κ2) is 6.62. The minimum absolute atomic E-state index is 0.779. The van der Waals surface area contributed by atoms with E-state index in [4.69, 9.17) is 5.73 Å². The van der Waals surface area contributed by atoms with Crippen molar-refractivity contribution in [2.24, 2.45) is 17.6 Å². The lowest BCUT2D eigenvalue weighted by Crippen LogP contribution is -2.19. The predicted molar refractivity (Wildman–Crippen MR) is 50.5 cm³/mol. The van der Waals surface area contributed by atoms with Gasteiger partial charge < -0.3 is 11.1 Å². The van der Waals surface area contributed by atoms with E-state index in [2.05, 4.69) is 19.2 Å². The average Bonchev–Trinajstić information content (AvgIpc) is 1.87. The van der Waals surface area contributed by atoms with Gasteiger partial charge in [0.1, 0.15) is 0 Å². The molecule has 0 aliphatic carbocycles. The number of nitrogens with one attached hydrogen (secondary N) is 1. The monoisotopic (exact) mass is 158 g/mol. The minimum Gasteiger partial charge on any atom is -0.330 e. The molecule has 2 heteroatoms. The molecule has 0 aliphatic rings. The maximum Gasteiger partial charge on any atom is -0.00261 e. The fraction of sp³-hybridized carbons (Fsp3) is 1.00. The van der Waals surface area contributed by atoms with Crippen molar-refractivity contribution in [2.75, 3.05) is 20.1 Å². The standard InChI is InChI=1S/C9H22N2/c1-8(4-5-10)6-9(2)7-11-3/h8-9,11H,4-7,10H2,1-3H3. The number of rotatable bonds is 6. The molecule has 0 aromatic rings. The Bertz CT molecular complexity index is 73.6. The maximum atomic E-state index is 5.46. The van der Waals surface area contributed by atoms with Gasteiger partial charge in [0.05, 0.1) is 0 Å². The Morgan fingerprint density at radius 3 is 2.36 bits per heavy atom. The van der Waals surface area contributed by atoms with E-state index >= 15 is 0 Å². The molecule has 2 unspecified atom stereocenters. The summed E-state index contributed by atoms with van der Waals surface area (Å²) in [5.41, 5.74) is 5.46. The summed E-state index contributed by atoms with van der Waals surface area (Å²) in [4.78, 5) is 0. The summed E-state index contributed by atoms with van der Waals surface area (Å²) in [6.07, 6.45) is 2.45. The Morgan fingerprint density at radius 1 is 1.27 bits per heavy atom. The van der Waals surface area contributed by atoms with E-state index in [1.165, 1.54) is 6.42 Å². The SMILES string of the molecule is CNCC(C)CC(C)CCN. The van der Waals surface area contributed by atoms with Gasteiger partial charge in [-0.1, -0.05) is 13.8 Å². The molecule has 0 aromatic heterocycles. The molecule has 0 radical (unpaired) electrons. The molecule has 0 fully saturated rings. The topological polar surface area (TPSA) is 38.0 Å². The highest BCUT2D eigenvalue weighted by molar-refractivity contribution is 4.61. The molecule has 0 spiro atoms. The van der Waals surface area contributed by atoms with Crippen LogP contribution in [0.4, 0.5) is 0 Å². The third-order valence-corrected chi connectivity index (χ3v) is 2.02. The van der Waals surface area contributed by atoms with Crippen LogP contribution in [-0.4, -0.2) is 20.1 Å². The molecule has 68 valence electrons. The molecule has 0 aliphatic heterocycles. The number of hydrogen-bond acceptors (Lipinski definition) is 2. The summed E-state index contributed by atoms with van der Waals surface area (Å²) in [6.45, 7) is 6.50. The van der Waals surface area contributed by atoms with Gasteiger partial charge in [0.2, 0.25) is 0 Å². The first-order valence-corrected chi connectivity index (χ1v) is 4.55. The van der Waals surface area contributed by atoms with Gasteiger partial charge in [-0.25, -0.2) is 0 Å². The Balaban J connectivity index is 3.32. The highest BCUT2D eigenvalue weighted by Gasteiger charge is 2.06. The van der Waals surface area contributed by atoms with Crippen LogP contribution in [0.5, 0.6) is 0 Å². The van der Waals surface area contributed by atoms with E-state index in [0.29, 0.717) is 0 Å². The normalized spacial score (nSPS) is 16.4. The van der Waals surface area contributed by atoms with Crippen LogP contribution >= 0.6 is 0 Å². The predicted octanol–water partition coefficient (Wildman–Crippen LogP) is 1.22. The minimum atomic E-state index is 0.779. The van der Waals surface area contributed by atoms with Crippen molar-refractivity contribution in [1.29, 1.82) is 0 Å². The van der Waals surface area contributed by atoms with Crippen molar-refractivity contribution in [3.8, 4) is 0 Å². The van der Waals surface area contributed by atoms with Crippen molar-refractivity contribution >= 4 is 0 Å². The van der Waals surface area contributed by atoms with Gasteiger partial charge in [-0.05, 0) is 44.8 Å². The van der Waals surface area contributed by atoms with Crippen LogP contribution in [0, 0.1) is 11.8 Å². The van der Waals surface area contributed by atoms with Crippen LogP contribution in [0.3, 0.4) is 0 Å². The van der Waals surface area contributed by atoms with Crippen molar-refractivity contribution < 1.29 is 0 Å². The van der Waals surface area contributed by atoms with Crippen LogP contribution in [-0.2, 0) is 0 Å². The maximum absolute atomic E-state index is 5.46. The summed E-state index contributed by atoms with van der Waals surface area (Å²) < 4.78 is 0. The zero-order valence-electron chi connectivity index (χ0n) is 8.06. The van der Waals surface area contributed by atoms with E-state index in [9.17, 15) is 0 Å². The molecule has 11 heavy (non-hydrogen) atoms. The highest BCUT2D eigenvalue weighted by atomic mass is 14.8. The number of hydrogen-bond donors (Lipinski definition) is 2. The van der Waals surface area contributed by atoms with Crippen molar-refractivity contribution in [1.82, 2.24) is 5.32 Å². The third kappa shape index (κ3) is 6.32. The van der Waals surface area contributed by atoms with Crippen molar-refractivity contribution in [3.63, 3.8) is 0 Å². The Hall–Kier alpha value is -0.0800. The van der Waals surface area contributed by atoms with Gasteiger partial charge in [0, 0.05) is 0 Å². The molecule has 0 heterocycles. The van der Waals surface area contributed by atoms with Gasteiger partial charge >= 0.3 is 0 Å². The van der Waals surface area contributed by atoms with Gasteiger partial charge in [-0.3, -0.25) is 0 Å². The Kier molecular flexibility index (Phi) is 6.57. The van der Waals surface area contributed by atoms with Gasteiger partial charge in [-0.2, -0.15) is 0 Å². The molecule has 0 bridgehead atoms. The fourth-order valence-corrected chi connectivity index (χ4v) is 1.52. The summed E-state index contributed by atoms with van der Waals surface area (Å²) in [5, 5.41) is 3.18. The van der Waals surface area contributed by atoms with Crippen LogP contribution in [0.1, 0.15) is 26.7 Å². The lowest BCUT2D eigenvalue weighted by Gasteiger charge is -2.15. The largest absolute Gasteiger partial charge is 0.330 e. The van der Waals surface area contributed by atoms with E-state index in [1.54, 1.807) is 0 Å². The van der Waals surface area contributed by atoms with Crippen LogP contribution in [0.15, 0.2) is 0 Å². The summed E-state index contributed by atoms with van der Waals surface area (Å²) in [7, 11) is 2.00. The van der Waals surface area contributed by atoms with Crippen molar-refractivity contribution in [3.05, 3.63) is 0 Å². The van der Waals surface area contributed by atoms with E-state index < -0.39 is 0 Å². The molecular formula is C9H22N2. The molecular weight excluding hydrogens is 136 g/mol. The molecule has 0 rings (SSSR count). The molecule has 0 saturated carbocycles. The lowest BCUT2D eigenvalue weighted by molar-refractivity contribution is 0.390. The Morgan fingerprint density at radius 2 is 1.91 bits per heavy atom. The molecule has 2 nitrogen and oxygen atoms in total. The second-order valence-corrected chi connectivity index (χ2v) is 3.58. The molecule has 0 aromatic carbocycles. The summed E-state index contributed by atoms with van der Waals surface area (Å²) in [5.74, 6) is 1.56. The molecule has 2 atom stereocenters. The number of nitrogens with two attached hydrogens (primary N) is 1. The van der Waals surface area contributed by atoms with Crippen LogP contribution < -0.4 is 11.1 Å². The van der Waals surface area contributed by atoms with E-state index in [-0.39, 0.29) is 0 Å². The lowest BCUT2D eigenvalue weighted by atomic mass is 9.95. The average molecular weight is 158 g/mol. The first-order chi connectivity index (χ1) is 5.20. The van der Waals surface area contributed by atoms with Gasteiger partial charge in [0.15, 0.2) is 0 Å². The first kappa shape index (κ1) is 10.9. The van der Waals surface area contributed by atoms with Crippen molar-refractivity contribution in [2.45, 2.75) is 26.7 Å². The quantitative estimate of drug-likeness (QED) is 0.610. The van der Waals surface area contributed by atoms with Crippen LogP contribution in [0.25, 0.3) is 0 Å².